The van der Waals surface area contributed by atoms with E-state index < -0.39 is 30.5 Å². The third-order valence-corrected chi connectivity index (χ3v) is 5.11. The normalized spacial score (nSPS) is 14.1. The Bertz CT molecular complexity index is 1200. The number of hydrogen-bond acceptors (Lipinski definition) is 9. The van der Waals surface area contributed by atoms with Crippen LogP contribution in [-0.4, -0.2) is 42.3 Å². The highest BCUT2D eigenvalue weighted by molar-refractivity contribution is 5.92. The first kappa shape index (κ1) is 23.6. The van der Waals surface area contributed by atoms with Crippen molar-refractivity contribution in [3.05, 3.63) is 71.1 Å². The van der Waals surface area contributed by atoms with Crippen LogP contribution in [0.3, 0.4) is 0 Å². The third kappa shape index (κ3) is 5.88. The summed E-state index contributed by atoms with van der Waals surface area (Å²) in [7, 11) is 0. The van der Waals surface area contributed by atoms with Gasteiger partial charge >= 0.3 is 5.97 Å². The second-order valence-electron chi connectivity index (χ2n) is 7.59. The molecule has 1 aromatic heterocycles. The zero-order chi connectivity index (χ0) is 24.8. The Hall–Kier alpha value is -4.54. The number of amides is 2. The van der Waals surface area contributed by atoms with Crippen molar-refractivity contribution in [1.82, 2.24) is 16.0 Å². The van der Waals surface area contributed by atoms with Gasteiger partial charge in [-0.15, -0.1) is 0 Å². The minimum absolute atomic E-state index is 0.00834. The zero-order valence-corrected chi connectivity index (χ0v) is 19.0. The van der Waals surface area contributed by atoms with E-state index in [-0.39, 0.29) is 18.8 Å². The molecule has 2 heterocycles. The van der Waals surface area contributed by atoms with Gasteiger partial charge in [0.25, 0.3) is 11.8 Å². The monoisotopic (exact) mass is 481 g/mol. The molecule has 0 saturated heterocycles. The predicted molar refractivity (Wildman–Crippen MR) is 120 cm³/mol. The number of carbonyl (C=O) groups is 3. The van der Waals surface area contributed by atoms with Gasteiger partial charge < -0.3 is 23.5 Å². The van der Waals surface area contributed by atoms with Gasteiger partial charge in [-0.3, -0.25) is 20.4 Å². The molecule has 1 aliphatic heterocycles. The molecule has 11 nitrogen and oxygen atoms in total. The maximum absolute atomic E-state index is 12.2. The molecule has 0 aliphatic carbocycles. The van der Waals surface area contributed by atoms with Gasteiger partial charge in [0, 0.05) is 0 Å². The average Bonchev–Trinajstić information content (AvgIpc) is 3.21. The maximum atomic E-state index is 12.2. The Morgan fingerprint density at radius 3 is 2.49 bits per heavy atom. The Labute approximate surface area is 200 Å². The van der Waals surface area contributed by atoms with Crippen LogP contribution in [0.4, 0.5) is 0 Å². The molecule has 0 saturated carbocycles. The number of aryl methyl sites for hydroxylation is 2. The number of hydrogen-bond donors (Lipinski definition) is 2. The summed E-state index contributed by atoms with van der Waals surface area (Å²) in [5.41, 5.74) is 6.25. The lowest BCUT2D eigenvalue weighted by molar-refractivity contribution is -0.135. The number of esters is 1. The van der Waals surface area contributed by atoms with E-state index >= 15 is 0 Å². The van der Waals surface area contributed by atoms with Crippen LogP contribution in [0.2, 0.25) is 0 Å². The van der Waals surface area contributed by atoms with E-state index in [0.717, 1.165) is 11.3 Å². The van der Waals surface area contributed by atoms with Gasteiger partial charge in [0.1, 0.15) is 24.7 Å². The average molecular weight is 481 g/mol. The van der Waals surface area contributed by atoms with Crippen LogP contribution in [0.5, 0.6) is 17.2 Å². The van der Waals surface area contributed by atoms with E-state index in [1.165, 1.54) is 12.1 Å². The number of rotatable bonds is 7. The Balaban J connectivity index is 1.18. The van der Waals surface area contributed by atoms with Crippen molar-refractivity contribution in [3.8, 4) is 17.2 Å². The summed E-state index contributed by atoms with van der Waals surface area (Å²) in [6, 6.07) is 13.2. The van der Waals surface area contributed by atoms with Crippen LogP contribution in [-0.2, 0) is 20.9 Å². The highest BCUT2D eigenvalue weighted by Gasteiger charge is 2.27. The first-order valence-corrected chi connectivity index (χ1v) is 10.7. The van der Waals surface area contributed by atoms with Crippen molar-refractivity contribution >= 4 is 17.8 Å². The summed E-state index contributed by atoms with van der Waals surface area (Å²) in [6.45, 7) is 3.31. The molecule has 1 atom stereocenters. The lowest BCUT2D eigenvalue weighted by Crippen LogP contribution is -2.51. The standard InChI is InChI=1S/C24H23N3O8/c1-14-18(15(2)35-27-14)11-31-17-9-7-16(8-10-17)24(30)33-13-22(28)25-26-23(29)21-12-32-19-5-3-4-6-20(19)34-21/h3-10,21H,11-13H2,1-2H3,(H,25,28)(H,26,29). The molecular weight excluding hydrogens is 458 g/mol. The first-order chi connectivity index (χ1) is 16.9. The molecule has 1 aliphatic rings. The number of para-hydroxylation sites is 2. The summed E-state index contributed by atoms with van der Waals surface area (Å²) >= 11 is 0. The van der Waals surface area contributed by atoms with E-state index in [0.29, 0.717) is 23.0 Å². The van der Waals surface area contributed by atoms with Crippen LogP contribution >= 0.6 is 0 Å². The molecule has 0 fully saturated rings. The number of ether oxygens (including phenoxy) is 4. The summed E-state index contributed by atoms with van der Waals surface area (Å²) in [5, 5.41) is 3.87. The largest absolute Gasteiger partial charge is 0.489 e. The van der Waals surface area contributed by atoms with Crippen molar-refractivity contribution in [3.63, 3.8) is 0 Å². The molecule has 0 spiro atoms. The van der Waals surface area contributed by atoms with Gasteiger partial charge in [-0.25, -0.2) is 4.79 Å². The SMILES string of the molecule is Cc1noc(C)c1COc1ccc(C(=O)OCC(=O)NNC(=O)C2COc3ccccc3O2)cc1. The molecule has 4 rings (SSSR count). The highest BCUT2D eigenvalue weighted by Crippen LogP contribution is 2.30. The lowest BCUT2D eigenvalue weighted by Gasteiger charge is -2.25. The second kappa shape index (κ2) is 10.6. The number of nitrogens with one attached hydrogen (secondary N) is 2. The minimum atomic E-state index is -0.939. The third-order valence-electron chi connectivity index (χ3n) is 5.11. The van der Waals surface area contributed by atoms with Crippen LogP contribution in [0.15, 0.2) is 53.1 Å². The summed E-state index contributed by atoms with van der Waals surface area (Å²) in [6.07, 6.45) is -0.939. The number of nitrogens with zero attached hydrogens (tertiary/aromatic N) is 1. The Morgan fingerprint density at radius 2 is 1.77 bits per heavy atom. The van der Waals surface area contributed by atoms with Crippen LogP contribution in [0.1, 0.15) is 27.4 Å². The van der Waals surface area contributed by atoms with Gasteiger partial charge in [-0.2, -0.15) is 0 Å². The smallest absolute Gasteiger partial charge is 0.338 e. The Kier molecular flexibility index (Phi) is 7.15. The summed E-state index contributed by atoms with van der Waals surface area (Å²) < 4.78 is 26.8. The molecule has 2 aromatic carbocycles. The molecule has 0 bridgehead atoms. The van der Waals surface area contributed by atoms with Crippen molar-refractivity contribution in [2.45, 2.75) is 26.6 Å². The maximum Gasteiger partial charge on any atom is 0.338 e. The number of fused-ring (bicyclic) bond motifs is 1. The fraction of sp³-hybridized carbons (Fsp3) is 0.250. The van der Waals surface area contributed by atoms with Crippen LogP contribution in [0, 0.1) is 13.8 Å². The molecule has 2 N–H and O–H groups in total. The highest BCUT2D eigenvalue weighted by atomic mass is 16.6. The number of benzene rings is 2. The molecule has 11 heteroatoms. The quantitative estimate of drug-likeness (QED) is 0.383. The van der Waals surface area contributed by atoms with Gasteiger partial charge in [0.15, 0.2) is 18.1 Å². The van der Waals surface area contributed by atoms with Crippen molar-refractivity contribution in [2.75, 3.05) is 13.2 Å². The first-order valence-electron chi connectivity index (χ1n) is 10.7. The molecule has 3 aromatic rings. The van der Waals surface area contributed by atoms with E-state index in [2.05, 4.69) is 16.0 Å². The lowest BCUT2D eigenvalue weighted by atomic mass is 10.2. The number of aromatic nitrogens is 1. The van der Waals surface area contributed by atoms with Gasteiger partial charge in [-0.1, -0.05) is 17.3 Å². The van der Waals surface area contributed by atoms with Crippen molar-refractivity contribution < 1.29 is 37.9 Å². The minimum Gasteiger partial charge on any atom is -0.489 e. The summed E-state index contributed by atoms with van der Waals surface area (Å²) in [5.74, 6) is 0.159. The number of carbonyl (C=O) groups excluding carboxylic acids is 3. The van der Waals surface area contributed by atoms with E-state index in [4.69, 9.17) is 23.5 Å². The zero-order valence-electron chi connectivity index (χ0n) is 19.0. The van der Waals surface area contributed by atoms with Crippen LogP contribution in [0.25, 0.3) is 0 Å². The van der Waals surface area contributed by atoms with Gasteiger partial charge in [-0.05, 0) is 50.2 Å². The fourth-order valence-electron chi connectivity index (χ4n) is 3.16. The molecule has 35 heavy (non-hydrogen) atoms. The van der Waals surface area contributed by atoms with Crippen molar-refractivity contribution in [2.24, 2.45) is 0 Å². The molecule has 1 unspecified atom stereocenters. The number of hydrazine groups is 1. The molecule has 2 amide bonds. The summed E-state index contributed by atoms with van der Waals surface area (Å²) in [4.78, 5) is 36.4. The van der Waals surface area contributed by atoms with E-state index in [9.17, 15) is 14.4 Å². The molecule has 182 valence electrons. The van der Waals surface area contributed by atoms with E-state index in [1.54, 1.807) is 43.3 Å². The molecule has 0 radical (unpaired) electrons. The van der Waals surface area contributed by atoms with Gasteiger partial charge in [0.2, 0.25) is 6.10 Å². The molecular formula is C24H23N3O8. The Morgan fingerprint density at radius 1 is 1.03 bits per heavy atom. The second-order valence-corrected chi connectivity index (χ2v) is 7.59. The van der Waals surface area contributed by atoms with E-state index in [1.807, 2.05) is 6.92 Å². The topological polar surface area (TPSA) is 138 Å². The predicted octanol–water partition coefficient (Wildman–Crippen LogP) is 2.01. The fourth-order valence-corrected chi connectivity index (χ4v) is 3.16. The van der Waals surface area contributed by atoms with Crippen molar-refractivity contribution in [1.29, 1.82) is 0 Å². The van der Waals surface area contributed by atoms with Gasteiger partial charge in [0.05, 0.1) is 16.8 Å². The van der Waals surface area contributed by atoms with Crippen LogP contribution < -0.4 is 25.1 Å².